The number of imidazole rings is 1. The van der Waals surface area contributed by atoms with Gasteiger partial charge in [-0.15, -0.1) is 0 Å². The Kier molecular flexibility index (Phi) is 6.07. The fourth-order valence-electron chi connectivity index (χ4n) is 4.62. The van der Waals surface area contributed by atoms with Crippen molar-refractivity contribution in [2.45, 2.75) is 64.5 Å². The molecule has 2 fully saturated rings. The molecule has 0 bridgehead atoms. The number of piperidine rings is 1. The molecule has 1 aromatic carbocycles. The molecule has 1 unspecified atom stereocenters. The number of benzene rings is 1. The minimum absolute atomic E-state index is 0.226. The molecule has 1 aromatic heterocycles. The highest BCUT2D eigenvalue weighted by Crippen LogP contribution is 2.26. The molecule has 3 amide bonds. The van der Waals surface area contributed by atoms with Crippen molar-refractivity contribution in [2.75, 3.05) is 13.1 Å². The first kappa shape index (κ1) is 23.1. The van der Waals surface area contributed by atoms with Crippen LogP contribution >= 0.6 is 0 Å². The van der Waals surface area contributed by atoms with E-state index in [9.17, 15) is 19.2 Å². The molecule has 33 heavy (non-hydrogen) atoms. The third kappa shape index (κ3) is 4.82. The van der Waals surface area contributed by atoms with Crippen molar-refractivity contribution in [3.05, 3.63) is 34.2 Å². The number of hydrogen-bond donors (Lipinski definition) is 1. The Hall–Kier alpha value is -3.10. The van der Waals surface area contributed by atoms with Gasteiger partial charge in [-0.2, -0.15) is 0 Å². The molecular weight excluding hydrogens is 424 g/mol. The summed E-state index contributed by atoms with van der Waals surface area (Å²) in [4.78, 5) is 50.5. The lowest BCUT2D eigenvalue weighted by molar-refractivity contribution is -0.135. The number of carbonyl (C=O) groups excluding carboxylic acids is 3. The van der Waals surface area contributed by atoms with E-state index in [2.05, 4.69) is 5.32 Å². The number of ether oxygens (including phenoxy) is 1. The van der Waals surface area contributed by atoms with Crippen molar-refractivity contribution in [3.63, 3.8) is 0 Å². The first-order valence-electron chi connectivity index (χ1n) is 11.5. The maximum absolute atomic E-state index is 12.9. The summed E-state index contributed by atoms with van der Waals surface area (Å²) in [5.74, 6) is -0.238. The average molecular weight is 457 g/mol. The van der Waals surface area contributed by atoms with Gasteiger partial charge in [0.15, 0.2) is 0 Å². The zero-order valence-electron chi connectivity index (χ0n) is 19.7. The lowest BCUT2D eigenvalue weighted by Gasteiger charge is -2.39. The van der Waals surface area contributed by atoms with E-state index in [0.29, 0.717) is 17.9 Å². The van der Waals surface area contributed by atoms with E-state index in [-0.39, 0.29) is 24.1 Å². The normalized spacial score (nSPS) is 19.5. The Morgan fingerprint density at radius 2 is 1.88 bits per heavy atom. The van der Waals surface area contributed by atoms with Gasteiger partial charge >= 0.3 is 11.8 Å². The number of imide groups is 1. The monoisotopic (exact) mass is 456 g/mol. The molecule has 0 radical (unpaired) electrons. The molecule has 1 N–H and O–H groups in total. The Morgan fingerprint density at radius 1 is 1.15 bits per heavy atom. The highest BCUT2D eigenvalue weighted by Gasteiger charge is 2.33. The topological polar surface area (TPSA) is 103 Å². The van der Waals surface area contributed by atoms with Crippen LogP contribution in [0.1, 0.15) is 58.1 Å². The SMILES string of the molecule is Cn1c(=O)n(C2CCC(=O)NC2=O)c2ccc(CCCC3CN(C(=O)OC(C)(C)C)C3)cc21. The summed E-state index contributed by atoms with van der Waals surface area (Å²) in [6, 6.07) is 5.23. The summed E-state index contributed by atoms with van der Waals surface area (Å²) in [5, 5.41) is 2.33. The van der Waals surface area contributed by atoms with Crippen LogP contribution in [0, 0.1) is 5.92 Å². The molecule has 178 valence electrons. The number of nitrogens with one attached hydrogen (secondary N) is 1. The van der Waals surface area contributed by atoms with Crippen LogP contribution in [0.2, 0.25) is 0 Å². The first-order valence-corrected chi connectivity index (χ1v) is 11.5. The minimum atomic E-state index is -0.670. The van der Waals surface area contributed by atoms with Crippen molar-refractivity contribution in [2.24, 2.45) is 13.0 Å². The van der Waals surface area contributed by atoms with Crippen molar-refractivity contribution >= 4 is 28.9 Å². The molecule has 2 aliphatic rings. The second-order valence-electron chi connectivity index (χ2n) is 10.1. The Morgan fingerprint density at radius 3 is 2.55 bits per heavy atom. The highest BCUT2D eigenvalue weighted by atomic mass is 16.6. The molecule has 4 rings (SSSR count). The number of carbonyl (C=O) groups is 3. The van der Waals surface area contributed by atoms with Gasteiger partial charge in [0, 0.05) is 26.6 Å². The van der Waals surface area contributed by atoms with Gasteiger partial charge in [-0.1, -0.05) is 6.07 Å². The fraction of sp³-hybridized carbons (Fsp3) is 0.583. The Labute approximate surface area is 192 Å². The first-order chi connectivity index (χ1) is 15.5. The molecule has 1 atom stereocenters. The molecular formula is C24H32N4O5. The third-order valence-electron chi connectivity index (χ3n) is 6.36. The van der Waals surface area contributed by atoms with E-state index < -0.39 is 17.6 Å². The highest BCUT2D eigenvalue weighted by molar-refractivity contribution is 6.00. The quantitative estimate of drug-likeness (QED) is 0.697. The van der Waals surface area contributed by atoms with Crippen molar-refractivity contribution < 1.29 is 19.1 Å². The van der Waals surface area contributed by atoms with E-state index >= 15 is 0 Å². The molecule has 0 spiro atoms. The van der Waals surface area contributed by atoms with E-state index in [0.717, 1.165) is 43.4 Å². The predicted molar refractivity (Wildman–Crippen MR) is 123 cm³/mol. The van der Waals surface area contributed by atoms with Gasteiger partial charge in [-0.3, -0.25) is 24.0 Å². The standard InChI is InChI=1S/C24H32N4O5/c1-24(2,3)33-23(32)27-13-16(14-27)7-5-6-15-8-9-17-19(12-15)26(4)22(31)28(17)18-10-11-20(29)25-21(18)30/h8-9,12,16,18H,5-7,10-11,13-14H2,1-4H3,(H,25,29,30). The fourth-order valence-corrected chi connectivity index (χ4v) is 4.62. The summed E-state index contributed by atoms with van der Waals surface area (Å²) in [7, 11) is 1.70. The summed E-state index contributed by atoms with van der Waals surface area (Å²) in [6.07, 6.45) is 3.19. The zero-order chi connectivity index (χ0) is 23.9. The van der Waals surface area contributed by atoms with E-state index in [4.69, 9.17) is 4.74 Å². The number of nitrogens with zero attached hydrogens (tertiary/aromatic N) is 3. The van der Waals surface area contributed by atoms with Crippen LogP contribution in [-0.2, 0) is 27.8 Å². The molecule has 2 aliphatic heterocycles. The third-order valence-corrected chi connectivity index (χ3v) is 6.36. The lowest BCUT2D eigenvalue weighted by atomic mass is 9.93. The maximum atomic E-state index is 12.9. The Bertz CT molecular complexity index is 1150. The van der Waals surface area contributed by atoms with Crippen LogP contribution < -0.4 is 11.0 Å². The maximum Gasteiger partial charge on any atom is 0.410 e. The molecule has 9 heteroatoms. The smallest absolute Gasteiger partial charge is 0.410 e. The number of likely N-dealkylation sites (tertiary alicyclic amines) is 1. The average Bonchev–Trinajstić information content (AvgIpc) is 2.93. The summed E-state index contributed by atoms with van der Waals surface area (Å²) >= 11 is 0. The molecule has 0 saturated carbocycles. The molecule has 2 aromatic rings. The number of rotatable bonds is 5. The van der Waals surface area contributed by atoms with Gasteiger partial charge in [0.2, 0.25) is 11.8 Å². The van der Waals surface area contributed by atoms with Gasteiger partial charge in [0.05, 0.1) is 11.0 Å². The van der Waals surface area contributed by atoms with Gasteiger partial charge in [-0.05, 0) is 70.1 Å². The van der Waals surface area contributed by atoms with Gasteiger partial charge in [0.25, 0.3) is 0 Å². The zero-order valence-corrected chi connectivity index (χ0v) is 19.7. The summed E-state index contributed by atoms with van der Waals surface area (Å²) in [6.45, 7) is 7.07. The summed E-state index contributed by atoms with van der Waals surface area (Å²) < 4.78 is 8.46. The van der Waals surface area contributed by atoms with Gasteiger partial charge < -0.3 is 9.64 Å². The number of aromatic nitrogens is 2. The van der Waals surface area contributed by atoms with Crippen molar-refractivity contribution in [1.29, 1.82) is 0 Å². The van der Waals surface area contributed by atoms with Crippen LogP contribution in [0.25, 0.3) is 11.0 Å². The number of amides is 3. The number of aryl methyl sites for hydroxylation is 2. The molecule has 9 nitrogen and oxygen atoms in total. The Balaban J connectivity index is 1.36. The van der Waals surface area contributed by atoms with Gasteiger partial charge in [0.1, 0.15) is 11.6 Å². The van der Waals surface area contributed by atoms with Gasteiger partial charge in [-0.25, -0.2) is 9.59 Å². The van der Waals surface area contributed by atoms with Crippen LogP contribution in [0.15, 0.2) is 23.0 Å². The second kappa shape index (κ2) is 8.68. The van der Waals surface area contributed by atoms with E-state index in [1.165, 1.54) is 4.57 Å². The molecule has 2 saturated heterocycles. The predicted octanol–water partition coefficient (Wildman–Crippen LogP) is 2.51. The van der Waals surface area contributed by atoms with Crippen LogP contribution in [0.3, 0.4) is 0 Å². The second-order valence-corrected chi connectivity index (χ2v) is 10.1. The van der Waals surface area contributed by atoms with Crippen LogP contribution in [0.4, 0.5) is 4.79 Å². The number of hydrogen-bond acceptors (Lipinski definition) is 5. The lowest BCUT2D eigenvalue weighted by Crippen LogP contribution is -2.51. The van der Waals surface area contributed by atoms with E-state index in [1.54, 1.807) is 16.5 Å². The number of fused-ring (bicyclic) bond motifs is 1. The molecule has 3 heterocycles. The van der Waals surface area contributed by atoms with Crippen LogP contribution in [0.5, 0.6) is 0 Å². The van der Waals surface area contributed by atoms with Crippen LogP contribution in [-0.4, -0.2) is 50.6 Å². The molecule has 0 aliphatic carbocycles. The van der Waals surface area contributed by atoms with Crippen molar-refractivity contribution in [3.8, 4) is 0 Å². The van der Waals surface area contributed by atoms with Crippen molar-refractivity contribution in [1.82, 2.24) is 19.4 Å². The minimum Gasteiger partial charge on any atom is -0.444 e. The largest absolute Gasteiger partial charge is 0.444 e. The van der Waals surface area contributed by atoms with E-state index in [1.807, 2.05) is 39.0 Å². The summed E-state index contributed by atoms with van der Waals surface area (Å²) in [5.41, 5.74) is 1.88.